The minimum absolute atomic E-state index is 0.124. The van der Waals surface area contributed by atoms with E-state index in [1.165, 1.54) is 0 Å². The van der Waals surface area contributed by atoms with Crippen LogP contribution in [-0.2, 0) is 6.54 Å². The van der Waals surface area contributed by atoms with Crippen LogP contribution >= 0.6 is 11.6 Å². The largest absolute Gasteiger partial charge is 0.351 e. The molecule has 0 amide bonds. The number of benzene rings is 1. The third-order valence-corrected chi connectivity index (χ3v) is 7.41. The molecule has 3 N–H and O–H groups in total. The number of nitrogens with one attached hydrogen (secondary N) is 1. The number of anilines is 1. The number of halogens is 1. The predicted octanol–water partition coefficient (Wildman–Crippen LogP) is 5.43. The molecule has 0 atom stereocenters. The molecule has 8 heteroatoms. The van der Waals surface area contributed by atoms with Crippen molar-refractivity contribution in [1.82, 2.24) is 19.5 Å². The third-order valence-electron chi connectivity index (χ3n) is 7.10. The summed E-state index contributed by atoms with van der Waals surface area (Å²) in [6.07, 6.45) is 6.11. The fourth-order valence-corrected chi connectivity index (χ4v) is 5.32. The molecule has 1 fully saturated rings. The summed E-state index contributed by atoms with van der Waals surface area (Å²) in [5, 5.41) is 4.76. The molecule has 7 nitrogen and oxygen atoms in total. The zero-order chi connectivity index (χ0) is 25.2. The second-order valence-corrected chi connectivity index (χ2v) is 9.94. The molecular weight excluding hydrogens is 472 g/mol. The van der Waals surface area contributed by atoms with Crippen molar-refractivity contribution < 1.29 is 0 Å². The first-order valence-corrected chi connectivity index (χ1v) is 13.0. The molecule has 5 rings (SSSR count). The molecule has 0 unspecified atom stereocenters. The third kappa shape index (κ3) is 4.86. The fraction of sp³-hybridized carbons (Fsp3) is 0.357. The average molecular weight is 503 g/mol. The van der Waals surface area contributed by atoms with Crippen molar-refractivity contribution in [2.45, 2.75) is 52.1 Å². The van der Waals surface area contributed by atoms with Crippen LogP contribution in [0.15, 0.2) is 53.5 Å². The van der Waals surface area contributed by atoms with E-state index < -0.39 is 0 Å². The van der Waals surface area contributed by atoms with Crippen molar-refractivity contribution in [3.63, 3.8) is 0 Å². The van der Waals surface area contributed by atoms with Gasteiger partial charge in [0.2, 0.25) is 5.95 Å². The van der Waals surface area contributed by atoms with Gasteiger partial charge in [-0.15, -0.1) is 0 Å². The first-order chi connectivity index (χ1) is 17.5. The van der Waals surface area contributed by atoms with E-state index in [9.17, 15) is 4.79 Å². The lowest BCUT2D eigenvalue weighted by molar-refractivity contribution is 0.344. The van der Waals surface area contributed by atoms with E-state index >= 15 is 0 Å². The van der Waals surface area contributed by atoms with Crippen molar-refractivity contribution in [3.8, 4) is 22.4 Å². The molecule has 36 heavy (non-hydrogen) atoms. The predicted molar refractivity (Wildman–Crippen MR) is 146 cm³/mol. The molecule has 1 saturated carbocycles. The molecule has 186 valence electrons. The summed E-state index contributed by atoms with van der Waals surface area (Å²) in [7, 11) is 0. The molecule has 0 saturated heterocycles. The number of aryl methyl sites for hydroxylation is 2. The summed E-state index contributed by atoms with van der Waals surface area (Å²) in [6.45, 7) is 5.14. The first kappa shape index (κ1) is 24.4. The Morgan fingerprint density at radius 1 is 1.08 bits per heavy atom. The van der Waals surface area contributed by atoms with Crippen molar-refractivity contribution in [1.29, 1.82) is 0 Å². The lowest BCUT2D eigenvalue weighted by Crippen LogP contribution is -2.30. The summed E-state index contributed by atoms with van der Waals surface area (Å²) in [6, 6.07) is 13.7. The highest BCUT2D eigenvalue weighted by Crippen LogP contribution is 2.32. The van der Waals surface area contributed by atoms with Crippen LogP contribution in [0, 0.1) is 12.8 Å². The van der Waals surface area contributed by atoms with Gasteiger partial charge in [-0.1, -0.05) is 29.8 Å². The highest BCUT2D eigenvalue weighted by molar-refractivity contribution is 6.33. The molecule has 1 aromatic carbocycles. The van der Waals surface area contributed by atoms with Crippen molar-refractivity contribution in [2.75, 3.05) is 11.9 Å². The van der Waals surface area contributed by atoms with Gasteiger partial charge in [0.1, 0.15) is 5.65 Å². The van der Waals surface area contributed by atoms with Crippen LogP contribution < -0.4 is 16.6 Å². The highest BCUT2D eigenvalue weighted by atomic mass is 35.5. The Bertz CT molecular complexity index is 1460. The van der Waals surface area contributed by atoms with Gasteiger partial charge in [0.05, 0.1) is 5.69 Å². The van der Waals surface area contributed by atoms with Crippen LogP contribution in [0.25, 0.3) is 33.4 Å². The Morgan fingerprint density at radius 2 is 1.89 bits per heavy atom. The maximum atomic E-state index is 13.5. The van der Waals surface area contributed by atoms with E-state index in [0.717, 1.165) is 54.6 Å². The van der Waals surface area contributed by atoms with E-state index in [4.69, 9.17) is 22.3 Å². The van der Waals surface area contributed by atoms with Gasteiger partial charge < -0.3 is 11.1 Å². The lowest BCUT2D eigenvalue weighted by Gasteiger charge is -2.28. The van der Waals surface area contributed by atoms with Crippen LogP contribution in [0.3, 0.4) is 0 Å². The van der Waals surface area contributed by atoms with Crippen LogP contribution in [0.5, 0.6) is 0 Å². The molecule has 1 aliphatic carbocycles. The summed E-state index contributed by atoms with van der Waals surface area (Å²) >= 11 is 6.70. The monoisotopic (exact) mass is 502 g/mol. The quantitative estimate of drug-likeness (QED) is 0.364. The maximum Gasteiger partial charge on any atom is 0.260 e. The van der Waals surface area contributed by atoms with Crippen molar-refractivity contribution in [3.05, 3.63) is 69.7 Å². The maximum absolute atomic E-state index is 13.5. The molecule has 0 bridgehead atoms. The number of fused-ring (bicyclic) bond motifs is 1. The van der Waals surface area contributed by atoms with Gasteiger partial charge in [0, 0.05) is 51.6 Å². The molecule has 1 aliphatic rings. The van der Waals surface area contributed by atoms with Gasteiger partial charge in [-0.3, -0.25) is 14.3 Å². The normalized spacial score (nSPS) is 17.9. The van der Waals surface area contributed by atoms with Crippen LogP contribution in [0.2, 0.25) is 5.02 Å². The zero-order valence-corrected chi connectivity index (χ0v) is 21.4. The number of aromatic nitrogens is 4. The van der Waals surface area contributed by atoms with E-state index in [0.29, 0.717) is 46.2 Å². The molecule has 3 heterocycles. The van der Waals surface area contributed by atoms with Crippen LogP contribution in [-0.4, -0.2) is 32.1 Å². The van der Waals surface area contributed by atoms with E-state index in [1.807, 2.05) is 56.3 Å². The van der Waals surface area contributed by atoms with E-state index in [2.05, 4.69) is 15.3 Å². The molecule has 4 aromatic rings. The molecule has 0 spiro atoms. The summed E-state index contributed by atoms with van der Waals surface area (Å²) in [5.74, 6) is 1.17. The fourth-order valence-electron chi connectivity index (χ4n) is 5.04. The number of pyridine rings is 2. The van der Waals surface area contributed by atoms with E-state index in [-0.39, 0.29) is 5.56 Å². The topological polar surface area (TPSA) is 98.7 Å². The second kappa shape index (κ2) is 10.4. The Morgan fingerprint density at radius 3 is 2.58 bits per heavy atom. The van der Waals surface area contributed by atoms with Crippen LogP contribution in [0.1, 0.15) is 38.3 Å². The smallest absolute Gasteiger partial charge is 0.260 e. The average Bonchev–Trinajstić information content (AvgIpc) is 2.89. The Hall–Kier alpha value is -3.29. The van der Waals surface area contributed by atoms with Gasteiger partial charge >= 0.3 is 0 Å². The number of rotatable bonds is 6. The van der Waals surface area contributed by atoms with Gasteiger partial charge in [0.25, 0.3) is 5.56 Å². The Labute approximate surface area is 215 Å². The summed E-state index contributed by atoms with van der Waals surface area (Å²) < 4.78 is 1.69. The molecule has 0 radical (unpaired) electrons. The Kier molecular flexibility index (Phi) is 7.03. The minimum Gasteiger partial charge on any atom is -0.351 e. The summed E-state index contributed by atoms with van der Waals surface area (Å²) in [4.78, 5) is 27.4. The number of hydrogen-bond donors (Lipinski definition) is 2. The zero-order valence-electron chi connectivity index (χ0n) is 20.7. The molecule has 0 aliphatic heterocycles. The first-order valence-electron chi connectivity index (χ1n) is 12.6. The highest BCUT2D eigenvalue weighted by Gasteiger charge is 2.21. The number of nitrogens with zero attached hydrogens (tertiary/aromatic N) is 4. The van der Waals surface area contributed by atoms with Crippen molar-refractivity contribution in [2.24, 2.45) is 11.7 Å². The Balaban J connectivity index is 1.48. The minimum atomic E-state index is -0.124. The molecular formula is C28H31ClN6O. The number of nitrogens with two attached hydrogens (primary N) is 1. The standard InChI is InChI=1S/C28H31ClN6O/c1-3-35-26-20(16-31-28(34-26)33-21-10-7-18(15-30)8-11-21)13-23(27(35)36)22-12-9-19(14-24(22)29)25-6-4-5-17(2)32-25/h4-6,9,12-14,16,18,21H,3,7-8,10-11,15,30H2,1-2H3,(H,31,33,34)/t18-,21-. The van der Waals surface area contributed by atoms with Crippen LogP contribution in [0.4, 0.5) is 5.95 Å². The van der Waals surface area contributed by atoms with Crippen molar-refractivity contribution >= 4 is 28.6 Å². The SMILES string of the molecule is CCn1c(=O)c(-c2ccc(-c3cccc(C)n3)cc2Cl)cc2cnc(N[C@H]3CC[C@H](CN)CC3)nc21. The lowest BCUT2D eigenvalue weighted by atomic mass is 9.86. The summed E-state index contributed by atoms with van der Waals surface area (Å²) in [5.41, 5.74) is 10.2. The van der Waals surface area contributed by atoms with Gasteiger partial charge in [-0.2, -0.15) is 4.98 Å². The molecule has 3 aromatic heterocycles. The number of hydrogen-bond acceptors (Lipinski definition) is 6. The van der Waals surface area contributed by atoms with E-state index in [1.54, 1.807) is 10.8 Å². The van der Waals surface area contributed by atoms with Gasteiger partial charge in [-0.25, -0.2) is 4.98 Å². The van der Waals surface area contributed by atoms with Gasteiger partial charge in [-0.05, 0) is 76.3 Å². The van der Waals surface area contributed by atoms with Gasteiger partial charge in [0.15, 0.2) is 0 Å². The second-order valence-electron chi connectivity index (χ2n) is 9.54.